The van der Waals surface area contributed by atoms with Gasteiger partial charge in [-0.2, -0.15) is 4.98 Å². The zero-order valence-electron chi connectivity index (χ0n) is 8.63. The molecule has 0 saturated carbocycles. The zero-order valence-corrected chi connectivity index (χ0v) is 8.63. The van der Waals surface area contributed by atoms with Crippen LogP contribution in [-0.4, -0.2) is 26.7 Å². The van der Waals surface area contributed by atoms with Crippen molar-refractivity contribution in [2.45, 2.75) is 18.9 Å². The predicted molar refractivity (Wildman–Crippen MR) is 55.3 cm³/mol. The van der Waals surface area contributed by atoms with Crippen molar-refractivity contribution in [3.05, 3.63) is 24.5 Å². The van der Waals surface area contributed by atoms with Gasteiger partial charge < -0.3 is 9.84 Å². The molecule has 2 aromatic heterocycles. The van der Waals surface area contributed by atoms with Gasteiger partial charge in [0.2, 0.25) is 11.7 Å². The third kappa shape index (κ3) is 1.67. The lowest BCUT2D eigenvalue weighted by molar-refractivity contribution is 0.345. The summed E-state index contributed by atoms with van der Waals surface area (Å²) >= 11 is 0. The molecule has 1 aliphatic rings. The molecule has 6 nitrogen and oxygen atoms in total. The molecule has 6 heteroatoms. The van der Waals surface area contributed by atoms with Crippen molar-refractivity contribution in [2.24, 2.45) is 0 Å². The van der Waals surface area contributed by atoms with Crippen LogP contribution in [0.25, 0.3) is 11.5 Å². The highest BCUT2D eigenvalue weighted by molar-refractivity contribution is 5.46. The van der Waals surface area contributed by atoms with E-state index in [-0.39, 0.29) is 6.04 Å². The molecule has 0 unspecified atom stereocenters. The lowest BCUT2D eigenvalue weighted by Crippen LogP contribution is -2.12. The fourth-order valence-corrected chi connectivity index (χ4v) is 1.80. The van der Waals surface area contributed by atoms with E-state index in [1.165, 1.54) is 6.33 Å². The zero-order chi connectivity index (χ0) is 10.8. The van der Waals surface area contributed by atoms with Crippen molar-refractivity contribution < 1.29 is 4.52 Å². The summed E-state index contributed by atoms with van der Waals surface area (Å²) in [5.41, 5.74) is 0.683. The van der Waals surface area contributed by atoms with E-state index < -0.39 is 0 Å². The Kier molecular flexibility index (Phi) is 2.34. The monoisotopic (exact) mass is 217 g/mol. The highest BCUT2D eigenvalue weighted by Gasteiger charge is 2.22. The molecule has 0 amide bonds. The summed E-state index contributed by atoms with van der Waals surface area (Å²) in [6.07, 6.45) is 5.33. The molecule has 2 aromatic rings. The first-order valence-electron chi connectivity index (χ1n) is 5.27. The van der Waals surface area contributed by atoms with E-state index in [2.05, 4.69) is 25.4 Å². The number of hydrogen-bond acceptors (Lipinski definition) is 6. The van der Waals surface area contributed by atoms with Crippen LogP contribution in [-0.2, 0) is 0 Å². The number of aromatic nitrogens is 4. The lowest BCUT2D eigenvalue weighted by atomic mass is 10.2. The molecule has 16 heavy (non-hydrogen) atoms. The van der Waals surface area contributed by atoms with E-state index in [1.807, 2.05) is 0 Å². The van der Waals surface area contributed by atoms with Gasteiger partial charge in [-0.05, 0) is 25.5 Å². The summed E-state index contributed by atoms with van der Waals surface area (Å²) < 4.78 is 5.22. The summed E-state index contributed by atoms with van der Waals surface area (Å²) in [7, 11) is 0. The second-order valence-corrected chi connectivity index (χ2v) is 3.70. The maximum absolute atomic E-state index is 5.22. The van der Waals surface area contributed by atoms with Crippen LogP contribution in [0.3, 0.4) is 0 Å². The molecule has 0 spiro atoms. The van der Waals surface area contributed by atoms with E-state index in [4.69, 9.17) is 4.52 Å². The second-order valence-electron chi connectivity index (χ2n) is 3.70. The molecular weight excluding hydrogens is 206 g/mol. The van der Waals surface area contributed by atoms with Crippen LogP contribution < -0.4 is 5.32 Å². The third-order valence-corrected chi connectivity index (χ3v) is 2.61. The van der Waals surface area contributed by atoms with Gasteiger partial charge in [0, 0.05) is 6.20 Å². The van der Waals surface area contributed by atoms with Crippen LogP contribution in [0.15, 0.2) is 23.1 Å². The molecule has 1 saturated heterocycles. The number of rotatable bonds is 2. The number of hydrogen-bond donors (Lipinski definition) is 1. The van der Waals surface area contributed by atoms with Gasteiger partial charge >= 0.3 is 0 Å². The molecule has 1 N–H and O–H groups in total. The van der Waals surface area contributed by atoms with Crippen molar-refractivity contribution >= 4 is 0 Å². The predicted octanol–water partition coefficient (Wildman–Crippen LogP) is 0.951. The molecule has 1 fully saturated rings. The van der Waals surface area contributed by atoms with Gasteiger partial charge in [-0.15, -0.1) is 0 Å². The van der Waals surface area contributed by atoms with Crippen molar-refractivity contribution in [1.29, 1.82) is 0 Å². The Morgan fingerprint density at radius 3 is 3.19 bits per heavy atom. The molecule has 82 valence electrons. The molecule has 3 heterocycles. The first-order chi connectivity index (χ1) is 7.93. The summed E-state index contributed by atoms with van der Waals surface area (Å²) in [6, 6.07) is 1.96. The Balaban J connectivity index is 1.87. The Bertz CT molecular complexity index is 463. The highest BCUT2D eigenvalue weighted by atomic mass is 16.5. The molecule has 0 bridgehead atoms. The van der Waals surface area contributed by atoms with Gasteiger partial charge in [0.05, 0.1) is 6.04 Å². The maximum Gasteiger partial charge on any atom is 0.244 e. The number of nitrogens with one attached hydrogen (secondary N) is 1. The molecule has 1 atom stereocenters. The van der Waals surface area contributed by atoms with Gasteiger partial charge in [-0.3, -0.25) is 0 Å². The molecule has 0 aromatic carbocycles. The number of nitrogens with zero attached hydrogens (tertiary/aromatic N) is 4. The van der Waals surface area contributed by atoms with E-state index in [0.29, 0.717) is 17.4 Å². The van der Waals surface area contributed by atoms with Crippen LogP contribution in [0.4, 0.5) is 0 Å². The Morgan fingerprint density at radius 2 is 2.44 bits per heavy atom. The van der Waals surface area contributed by atoms with E-state index in [1.54, 1.807) is 12.3 Å². The van der Waals surface area contributed by atoms with Crippen molar-refractivity contribution in [3.8, 4) is 11.5 Å². The fourth-order valence-electron chi connectivity index (χ4n) is 1.80. The molecular formula is C10H11N5O. The average Bonchev–Trinajstić information content (AvgIpc) is 3.01. The van der Waals surface area contributed by atoms with E-state index >= 15 is 0 Å². The van der Waals surface area contributed by atoms with E-state index in [0.717, 1.165) is 19.4 Å². The third-order valence-electron chi connectivity index (χ3n) is 2.61. The van der Waals surface area contributed by atoms with Gasteiger partial charge in [0.15, 0.2) is 0 Å². The minimum Gasteiger partial charge on any atom is -0.337 e. The van der Waals surface area contributed by atoms with Crippen LogP contribution in [0.5, 0.6) is 0 Å². The normalized spacial score (nSPS) is 20.1. The molecule has 0 aliphatic carbocycles. The second kappa shape index (κ2) is 3.97. The maximum atomic E-state index is 5.22. The van der Waals surface area contributed by atoms with Gasteiger partial charge in [-0.1, -0.05) is 5.16 Å². The lowest BCUT2D eigenvalue weighted by Gasteiger charge is -2.01. The average molecular weight is 217 g/mol. The standard InChI is InChI=1S/C10H11N5O/c1-2-8(12-4-1)10-14-9(15-16-10)7-3-5-11-6-13-7/h3,5-6,8,12H,1-2,4H2/t8-/m1/s1. The summed E-state index contributed by atoms with van der Waals surface area (Å²) in [5, 5.41) is 7.22. The van der Waals surface area contributed by atoms with Gasteiger partial charge in [0.25, 0.3) is 0 Å². The van der Waals surface area contributed by atoms with Crippen LogP contribution >= 0.6 is 0 Å². The van der Waals surface area contributed by atoms with E-state index in [9.17, 15) is 0 Å². The van der Waals surface area contributed by atoms with Crippen LogP contribution in [0.2, 0.25) is 0 Å². The Hall–Kier alpha value is -1.82. The minimum atomic E-state index is 0.197. The van der Waals surface area contributed by atoms with Crippen molar-refractivity contribution in [1.82, 2.24) is 25.4 Å². The first-order valence-corrected chi connectivity index (χ1v) is 5.27. The molecule has 3 rings (SSSR count). The SMILES string of the molecule is c1cc(-c2noc([C@H]3CCCN3)n2)ncn1. The Labute approximate surface area is 92.1 Å². The minimum absolute atomic E-state index is 0.197. The topological polar surface area (TPSA) is 76.7 Å². The van der Waals surface area contributed by atoms with Gasteiger partial charge in [-0.25, -0.2) is 9.97 Å². The summed E-state index contributed by atoms with van der Waals surface area (Å²) in [4.78, 5) is 12.2. The van der Waals surface area contributed by atoms with Crippen LogP contribution in [0.1, 0.15) is 24.8 Å². The fraction of sp³-hybridized carbons (Fsp3) is 0.400. The van der Waals surface area contributed by atoms with Gasteiger partial charge in [0.1, 0.15) is 12.0 Å². The summed E-state index contributed by atoms with van der Waals surface area (Å²) in [5.74, 6) is 1.16. The summed E-state index contributed by atoms with van der Waals surface area (Å²) in [6.45, 7) is 1.01. The van der Waals surface area contributed by atoms with Crippen molar-refractivity contribution in [3.63, 3.8) is 0 Å². The smallest absolute Gasteiger partial charge is 0.244 e. The molecule has 1 aliphatic heterocycles. The largest absolute Gasteiger partial charge is 0.337 e. The van der Waals surface area contributed by atoms with Crippen molar-refractivity contribution in [2.75, 3.05) is 6.54 Å². The highest BCUT2D eigenvalue weighted by Crippen LogP contribution is 2.23. The molecule has 0 radical (unpaired) electrons. The first kappa shape index (κ1) is 9.41. The Morgan fingerprint density at radius 1 is 1.44 bits per heavy atom. The quantitative estimate of drug-likeness (QED) is 0.807. The van der Waals surface area contributed by atoms with Crippen LogP contribution in [0, 0.1) is 0 Å².